The molecule has 2 aliphatic rings. The first-order valence-corrected chi connectivity index (χ1v) is 3.30. The van der Waals surface area contributed by atoms with Crippen LogP contribution in [-0.4, -0.2) is 19.1 Å². The largest absolute Gasteiger partial charge is 0.327 e. The summed E-state index contributed by atoms with van der Waals surface area (Å²) in [5, 5.41) is 3.33. The molecule has 2 nitrogen and oxygen atoms in total. The first kappa shape index (κ1) is 7.51. The lowest BCUT2D eigenvalue weighted by Gasteiger charge is -2.00. The summed E-state index contributed by atoms with van der Waals surface area (Å²) in [5.41, 5.74) is 6.29. The Hall–Kier alpha value is 0.400. The van der Waals surface area contributed by atoms with E-state index in [1.165, 1.54) is 25.9 Å². The lowest BCUT2D eigenvalue weighted by molar-refractivity contribution is 0.547. The van der Waals surface area contributed by atoms with Crippen LogP contribution in [0.5, 0.6) is 0 Å². The SMILES string of the molecule is Br.NC1CC12CCNC2. The van der Waals surface area contributed by atoms with Crippen LogP contribution in [0.2, 0.25) is 0 Å². The molecule has 0 aromatic rings. The van der Waals surface area contributed by atoms with E-state index in [9.17, 15) is 0 Å². The summed E-state index contributed by atoms with van der Waals surface area (Å²) in [6, 6.07) is 0.525. The maximum Gasteiger partial charge on any atom is 0.0115 e. The molecule has 2 rings (SSSR count). The van der Waals surface area contributed by atoms with Crippen LogP contribution in [0.3, 0.4) is 0 Å². The molecule has 1 aliphatic carbocycles. The fraction of sp³-hybridized carbons (Fsp3) is 1.00. The summed E-state index contributed by atoms with van der Waals surface area (Å²) in [5.74, 6) is 0. The van der Waals surface area contributed by atoms with E-state index in [1.807, 2.05) is 0 Å². The highest BCUT2D eigenvalue weighted by atomic mass is 79.9. The smallest absolute Gasteiger partial charge is 0.0115 e. The second kappa shape index (κ2) is 2.22. The Morgan fingerprint density at radius 2 is 2.22 bits per heavy atom. The molecule has 0 aromatic carbocycles. The first-order chi connectivity index (χ1) is 3.83. The third kappa shape index (κ3) is 1.02. The van der Waals surface area contributed by atoms with Gasteiger partial charge in [0.05, 0.1) is 0 Å². The van der Waals surface area contributed by atoms with Crippen molar-refractivity contribution in [1.82, 2.24) is 5.32 Å². The highest BCUT2D eigenvalue weighted by Gasteiger charge is 2.52. The number of hydrogen-bond donors (Lipinski definition) is 2. The number of halogens is 1. The highest BCUT2D eigenvalue weighted by Crippen LogP contribution is 2.48. The van der Waals surface area contributed by atoms with E-state index >= 15 is 0 Å². The molecule has 2 unspecified atom stereocenters. The van der Waals surface area contributed by atoms with Gasteiger partial charge in [0.1, 0.15) is 0 Å². The summed E-state index contributed by atoms with van der Waals surface area (Å²) < 4.78 is 0. The van der Waals surface area contributed by atoms with Gasteiger partial charge >= 0.3 is 0 Å². The molecule has 54 valence electrons. The molecule has 1 spiro atoms. The van der Waals surface area contributed by atoms with Gasteiger partial charge in [0, 0.05) is 18.0 Å². The Morgan fingerprint density at radius 3 is 2.44 bits per heavy atom. The van der Waals surface area contributed by atoms with Gasteiger partial charge in [-0.1, -0.05) is 0 Å². The molecule has 0 radical (unpaired) electrons. The van der Waals surface area contributed by atoms with Crippen molar-refractivity contribution in [2.24, 2.45) is 11.1 Å². The van der Waals surface area contributed by atoms with Crippen LogP contribution in [0, 0.1) is 5.41 Å². The van der Waals surface area contributed by atoms with Gasteiger partial charge in [-0.3, -0.25) is 0 Å². The van der Waals surface area contributed by atoms with E-state index in [4.69, 9.17) is 5.73 Å². The molecule has 1 saturated carbocycles. The summed E-state index contributed by atoms with van der Waals surface area (Å²) in [6.07, 6.45) is 2.58. The number of hydrogen-bond acceptors (Lipinski definition) is 2. The van der Waals surface area contributed by atoms with Crippen molar-refractivity contribution in [2.45, 2.75) is 18.9 Å². The van der Waals surface area contributed by atoms with Gasteiger partial charge in [-0.2, -0.15) is 0 Å². The molecule has 0 bridgehead atoms. The summed E-state index contributed by atoms with van der Waals surface area (Å²) >= 11 is 0. The minimum atomic E-state index is 0. The maximum atomic E-state index is 5.72. The van der Waals surface area contributed by atoms with Crippen molar-refractivity contribution in [1.29, 1.82) is 0 Å². The Kier molecular flexibility index (Phi) is 1.85. The zero-order valence-corrected chi connectivity index (χ0v) is 7.10. The second-order valence-electron chi connectivity index (χ2n) is 3.10. The minimum absolute atomic E-state index is 0. The Bertz CT molecular complexity index is 110. The van der Waals surface area contributed by atoms with E-state index < -0.39 is 0 Å². The topological polar surface area (TPSA) is 38.0 Å². The van der Waals surface area contributed by atoms with Crippen molar-refractivity contribution in [3.63, 3.8) is 0 Å². The summed E-state index contributed by atoms with van der Waals surface area (Å²) in [7, 11) is 0. The van der Waals surface area contributed by atoms with Crippen molar-refractivity contribution >= 4 is 17.0 Å². The highest BCUT2D eigenvalue weighted by molar-refractivity contribution is 8.93. The van der Waals surface area contributed by atoms with Crippen molar-refractivity contribution < 1.29 is 0 Å². The Balaban J connectivity index is 0.000000405. The van der Waals surface area contributed by atoms with E-state index in [0.29, 0.717) is 11.5 Å². The normalized spacial score (nSPS) is 47.0. The molecule has 1 heterocycles. The van der Waals surface area contributed by atoms with Crippen LogP contribution in [0.4, 0.5) is 0 Å². The maximum absolute atomic E-state index is 5.72. The Labute approximate surface area is 66.0 Å². The second-order valence-corrected chi connectivity index (χ2v) is 3.10. The summed E-state index contributed by atoms with van der Waals surface area (Å²) in [4.78, 5) is 0. The molecule has 1 saturated heterocycles. The van der Waals surface area contributed by atoms with Crippen molar-refractivity contribution in [3.05, 3.63) is 0 Å². The number of rotatable bonds is 0. The van der Waals surface area contributed by atoms with Gasteiger partial charge in [-0.15, -0.1) is 17.0 Å². The predicted octanol–water partition coefficient (Wildman–Crippen LogP) is 0.275. The third-order valence-electron chi connectivity index (χ3n) is 2.53. The van der Waals surface area contributed by atoms with Crippen LogP contribution < -0.4 is 11.1 Å². The standard InChI is InChI=1S/C6H12N2.BrH/c7-5-3-6(5)1-2-8-4-6;/h5,8H,1-4,7H2;1H. The van der Waals surface area contributed by atoms with Crippen molar-refractivity contribution in [2.75, 3.05) is 13.1 Å². The average Bonchev–Trinajstić information content (AvgIpc) is 2.29. The predicted molar refractivity (Wildman–Crippen MR) is 42.8 cm³/mol. The fourth-order valence-corrected chi connectivity index (χ4v) is 1.63. The molecular weight excluding hydrogens is 180 g/mol. The van der Waals surface area contributed by atoms with Crippen molar-refractivity contribution in [3.8, 4) is 0 Å². The van der Waals surface area contributed by atoms with Gasteiger partial charge < -0.3 is 11.1 Å². The van der Waals surface area contributed by atoms with Crippen LogP contribution in [0.1, 0.15) is 12.8 Å². The van der Waals surface area contributed by atoms with Gasteiger partial charge in [0.2, 0.25) is 0 Å². The molecular formula is C6H13BrN2. The lowest BCUT2D eigenvalue weighted by Crippen LogP contribution is -2.16. The average molecular weight is 193 g/mol. The van der Waals surface area contributed by atoms with Gasteiger partial charge in [0.25, 0.3) is 0 Å². The Morgan fingerprint density at radius 1 is 1.56 bits per heavy atom. The number of nitrogens with one attached hydrogen (secondary N) is 1. The first-order valence-electron chi connectivity index (χ1n) is 3.30. The zero-order valence-electron chi connectivity index (χ0n) is 5.39. The van der Waals surface area contributed by atoms with E-state index in [1.54, 1.807) is 0 Å². The third-order valence-corrected chi connectivity index (χ3v) is 2.53. The van der Waals surface area contributed by atoms with E-state index in [2.05, 4.69) is 5.32 Å². The molecule has 2 atom stereocenters. The van der Waals surface area contributed by atoms with E-state index in [-0.39, 0.29) is 17.0 Å². The molecule has 9 heavy (non-hydrogen) atoms. The molecule has 0 amide bonds. The van der Waals surface area contributed by atoms with Crippen LogP contribution in [-0.2, 0) is 0 Å². The van der Waals surface area contributed by atoms with Gasteiger partial charge in [-0.25, -0.2) is 0 Å². The quantitative estimate of drug-likeness (QED) is 0.579. The van der Waals surface area contributed by atoms with Gasteiger partial charge in [0.15, 0.2) is 0 Å². The molecule has 1 aliphatic heterocycles. The zero-order chi connectivity index (χ0) is 5.61. The van der Waals surface area contributed by atoms with Gasteiger partial charge in [-0.05, 0) is 19.4 Å². The fourth-order valence-electron chi connectivity index (χ4n) is 1.63. The van der Waals surface area contributed by atoms with Crippen LogP contribution >= 0.6 is 17.0 Å². The van der Waals surface area contributed by atoms with Crippen LogP contribution in [0.25, 0.3) is 0 Å². The molecule has 0 aromatic heterocycles. The summed E-state index contributed by atoms with van der Waals surface area (Å²) in [6.45, 7) is 2.36. The lowest BCUT2D eigenvalue weighted by atomic mass is 10.1. The minimum Gasteiger partial charge on any atom is -0.327 e. The molecule has 3 heteroatoms. The molecule has 3 N–H and O–H groups in total. The van der Waals surface area contributed by atoms with E-state index in [0.717, 1.165) is 0 Å². The molecule has 2 fully saturated rings. The monoisotopic (exact) mass is 192 g/mol. The van der Waals surface area contributed by atoms with Crippen LogP contribution in [0.15, 0.2) is 0 Å². The number of nitrogens with two attached hydrogens (primary N) is 1.